The van der Waals surface area contributed by atoms with Crippen LogP contribution >= 0.6 is 0 Å². The smallest absolute Gasteiger partial charge is 0.410 e. The Labute approximate surface area is 255 Å². The Morgan fingerprint density at radius 1 is 0.884 bits per heavy atom. The van der Waals surface area contributed by atoms with Crippen LogP contribution in [-0.2, 0) is 32.0 Å². The molecular formula is C34H46N2O7. The number of carbonyl (C=O) groups is 3. The fourth-order valence-corrected chi connectivity index (χ4v) is 5.74. The maximum absolute atomic E-state index is 13.5. The van der Waals surface area contributed by atoms with E-state index in [4.69, 9.17) is 14.2 Å². The molecule has 2 saturated heterocycles. The normalized spacial score (nSPS) is 21.4. The molecule has 2 aromatic rings. The molecule has 1 unspecified atom stereocenters. The third-order valence-electron chi connectivity index (χ3n) is 7.67. The highest BCUT2D eigenvalue weighted by Gasteiger charge is 2.40. The lowest BCUT2D eigenvalue weighted by Crippen LogP contribution is -2.38. The summed E-state index contributed by atoms with van der Waals surface area (Å²) in [5.74, 6) is -0.858. The van der Waals surface area contributed by atoms with Crippen molar-refractivity contribution in [1.82, 2.24) is 9.80 Å². The number of nitrogens with zero attached hydrogens (tertiary/aromatic N) is 2. The van der Waals surface area contributed by atoms with Gasteiger partial charge in [-0.05, 0) is 83.4 Å². The molecule has 2 amide bonds. The van der Waals surface area contributed by atoms with Crippen molar-refractivity contribution in [2.24, 2.45) is 11.8 Å². The number of benzene rings is 2. The van der Waals surface area contributed by atoms with E-state index in [-0.39, 0.29) is 37.2 Å². The molecule has 0 radical (unpaired) electrons. The molecule has 0 saturated carbocycles. The van der Waals surface area contributed by atoms with Gasteiger partial charge in [-0.15, -0.1) is 0 Å². The number of likely N-dealkylation sites (tertiary alicyclic amines) is 2. The van der Waals surface area contributed by atoms with Gasteiger partial charge in [0.05, 0.1) is 24.6 Å². The van der Waals surface area contributed by atoms with Crippen LogP contribution in [0.25, 0.3) is 0 Å². The SMILES string of the molecule is CC(C)(C)OC(=O)[C@@H](Cc1cccc(C2C[C@H](O)CN2C(=O)OCc2ccccc2)c1)[C@H]1CCN(C(=O)OC(C)(C)C)C1. The Kier molecular flexibility index (Phi) is 10.1. The number of aliphatic hydroxyl groups is 1. The largest absolute Gasteiger partial charge is 0.460 e. The maximum Gasteiger partial charge on any atom is 0.410 e. The first-order valence-corrected chi connectivity index (χ1v) is 15.1. The van der Waals surface area contributed by atoms with Crippen molar-refractivity contribution in [3.63, 3.8) is 0 Å². The average Bonchev–Trinajstić information content (AvgIpc) is 3.56. The first kappa shape index (κ1) is 32.3. The summed E-state index contributed by atoms with van der Waals surface area (Å²) in [5.41, 5.74) is 1.43. The van der Waals surface area contributed by atoms with Crippen LogP contribution in [0, 0.1) is 11.8 Å². The Hall–Kier alpha value is -3.59. The zero-order valence-corrected chi connectivity index (χ0v) is 26.2. The summed E-state index contributed by atoms with van der Waals surface area (Å²) >= 11 is 0. The second-order valence-corrected chi connectivity index (χ2v) is 13.7. The predicted octanol–water partition coefficient (Wildman–Crippen LogP) is 5.89. The standard InChI is InChI=1S/C34H46N2O7/c1-33(2,3)42-30(38)28(26-15-16-35(20-26)31(39)43-34(4,5)6)18-24-13-10-14-25(17-24)29-19-27(37)21-36(29)32(40)41-22-23-11-8-7-9-12-23/h7-14,17,26-29,37H,15-16,18-22H2,1-6H3/t26-,27-,28-,29?/m0/s1. The molecule has 234 valence electrons. The van der Waals surface area contributed by atoms with Crippen LogP contribution in [0.1, 0.15) is 77.1 Å². The zero-order chi connectivity index (χ0) is 31.4. The van der Waals surface area contributed by atoms with Crippen LogP contribution < -0.4 is 0 Å². The van der Waals surface area contributed by atoms with Gasteiger partial charge in [0.1, 0.15) is 17.8 Å². The number of hydrogen-bond acceptors (Lipinski definition) is 7. The van der Waals surface area contributed by atoms with Crippen molar-refractivity contribution in [3.05, 3.63) is 71.3 Å². The highest BCUT2D eigenvalue weighted by molar-refractivity contribution is 5.74. The number of β-amino-alcohol motifs (C(OH)–C–C–N with tert-alkyl or cyclic N) is 1. The van der Waals surface area contributed by atoms with Crippen LogP contribution in [0.4, 0.5) is 9.59 Å². The summed E-state index contributed by atoms with van der Waals surface area (Å²) in [5, 5.41) is 10.5. The van der Waals surface area contributed by atoms with Gasteiger partial charge >= 0.3 is 18.2 Å². The Bertz CT molecular complexity index is 1270. The van der Waals surface area contributed by atoms with Gasteiger partial charge < -0.3 is 24.2 Å². The molecule has 9 nitrogen and oxygen atoms in total. The highest BCUT2D eigenvalue weighted by atomic mass is 16.6. The third kappa shape index (κ3) is 9.20. The van der Waals surface area contributed by atoms with E-state index in [1.807, 2.05) is 96.1 Å². The topological polar surface area (TPSA) is 106 Å². The summed E-state index contributed by atoms with van der Waals surface area (Å²) in [4.78, 5) is 42.6. The molecule has 43 heavy (non-hydrogen) atoms. The van der Waals surface area contributed by atoms with Gasteiger partial charge in [-0.1, -0.05) is 54.6 Å². The number of aliphatic hydroxyl groups excluding tert-OH is 1. The van der Waals surface area contributed by atoms with Crippen LogP contribution in [0.3, 0.4) is 0 Å². The first-order chi connectivity index (χ1) is 20.2. The number of esters is 1. The number of rotatable bonds is 7. The molecule has 2 aliphatic rings. The third-order valence-corrected chi connectivity index (χ3v) is 7.67. The average molecular weight is 595 g/mol. The number of carbonyl (C=O) groups excluding carboxylic acids is 3. The van der Waals surface area contributed by atoms with Gasteiger partial charge in [-0.2, -0.15) is 0 Å². The predicted molar refractivity (Wildman–Crippen MR) is 162 cm³/mol. The molecule has 0 bridgehead atoms. The Balaban J connectivity index is 1.50. The number of ether oxygens (including phenoxy) is 3. The lowest BCUT2D eigenvalue weighted by atomic mass is 9.85. The fraction of sp³-hybridized carbons (Fsp3) is 0.559. The monoisotopic (exact) mass is 594 g/mol. The van der Waals surface area contributed by atoms with Crippen molar-refractivity contribution in [3.8, 4) is 0 Å². The molecule has 2 aliphatic heterocycles. The summed E-state index contributed by atoms with van der Waals surface area (Å²) in [6, 6.07) is 16.9. The summed E-state index contributed by atoms with van der Waals surface area (Å²) in [7, 11) is 0. The van der Waals surface area contributed by atoms with Crippen molar-refractivity contribution < 1.29 is 33.7 Å². The molecule has 0 spiro atoms. The molecule has 2 fully saturated rings. The molecule has 1 N–H and O–H groups in total. The summed E-state index contributed by atoms with van der Waals surface area (Å²) in [6.45, 7) is 12.3. The van der Waals surface area contributed by atoms with E-state index >= 15 is 0 Å². The van der Waals surface area contributed by atoms with Crippen molar-refractivity contribution >= 4 is 18.2 Å². The summed E-state index contributed by atoms with van der Waals surface area (Å²) in [6.07, 6.45) is -0.0335. The minimum Gasteiger partial charge on any atom is -0.460 e. The van der Waals surface area contributed by atoms with Gasteiger partial charge in [-0.3, -0.25) is 9.69 Å². The van der Waals surface area contributed by atoms with Crippen molar-refractivity contribution in [1.29, 1.82) is 0 Å². The van der Waals surface area contributed by atoms with Crippen LogP contribution in [0.5, 0.6) is 0 Å². The van der Waals surface area contributed by atoms with Crippen molar-refractivity contribution in [2.75, 3.05) is 19.6 Å². The molecule has 2 heterocycles. The molecule has 4 rings (SSSR count). The van der Waals surface area contributed by atoms with E-state index in [0.29, 0.717) is 32.4 Å². The Morgan fingerprint density at radius 2 is 1.56 bits per heavy atom. The molecule has 4 atom stereocenters. The minimum absolute atomic E-state index is 0.0937. The molecule has 2 aromatic carbocycles. The van der Waals surface area contributed by atoms with Gasteiger partial charge in [0.25, 0.3) is 0 Å². The molecule has 9 heteroatoms. The van der Waals surface area contributed by atoms with Gasteiger partial charge in [0.15, 0.2) is 0 Å². The van der Waals surface area contributed by atoms with Crippen LogP contribution in [-0.4, -0.2) is 70.0 Å². The first-order valence-electron chi connectivity index (χ1n) is 15.1. The van der Waals surface area contributed by atoms with Crippen molar-refractivity contribution in [2.45, 2.75) is 90.8 Å². The van der Waals surface area contributed by atoms with E-state index < -0.39 is 29.3 Å². The van der Waals surface area contributed by atoms with Crippen LogP contribution in [0.2, 0.25) is 0 Å². The quantitative estimate of drug-likeness (QED) is 0.315. The maximum atomic E-state index is 13.5. The minimum atomic E-state index is -0.662. The van der Waals surface area contributed by atoms with E-state index in [1.54, 1.807) is 9.80 Å². The van der Waals surface area contributed by atoms with E-state index in [9.17, 15) is 19.5 Å². The molecule has 0 aliphatic carbocycles. The highest BCUT2D eigenvalue weighted by Crippen LogP contribution is 2.35. The molecule has 0 aromatic heterocycles. The molecular weight excluding hydrogens is 548 g/mol. The van der Waals surface area contributed by atoms with Gasteiger partial charge in [0, 0.05) is 13.1 Å². The lowest BCUT2D eigenvalue weighted by Gasteiger charge is -2.28. The second kappa shape index (κ2) is 13.4. The van der Waals surface area contributed by atoms with Crippen LogP contribution in [0.15, 0.2) is 54.6 Å². The van der Waals surface area contributed by atoms with E-state index in [1.165, 1.54) is 0 Å². The fourth-order valence-electron chi connectivity index (χ4n) is 5.74. The number of amides is 2. The van der Waals surface area contributed by atoms with E-state index in [0.717, 1.165) is 16.7 Å². The zero-order valence-electron chi connectivity index (χ0n) is 26.2. The van der Waals surface area contributed by atoms with Gasteiger partial charge in [0.2, 0.25) is 0 Å². The second-order valence-electron chi connectivity index (χ2n) is 13.7. The van der Waals surface area contributed by atoms with E-state index in [2.05, 4.69) is 0 Å². The number of hydrogen-bond donors (Lipinski definition) is 1. The van der Waals surface area contributed by atoms with Gasteiger partial charge in [-0.25, -0.2) is 9.59 Å². The lowest BCUT2D eigenvalue weighted by molar-refractivity contribution is -0.162. The summed E-state index contributed by atoms with van der Waals surface area (Å²) < 4.78 is 17.0. The Morgan fingerprint density at radius 3 is 2.23 bits per heavy atom.